The van der Waals surface area contributed by atoms with Crippen LogP contribution in [0.3, 0.4) is 0 Å². The lowest BCUT2D eigenvalue weighted by Gasteiger charge is -2.33. The molecule has 3 rings (SSSR count). The van der Waals surface area contributed by atoms with Gasteiger partial charge in [-0.3, -0.25) is 9.89 Å². The van der Waals surface area contributed by atoms with Gasteiger partial charge in [0.15, 0.2) is 5.96 Å². The van der Waals surface area contributed by atoms with E-state index in [1.807, 2.05) is 13.8 Å². The zero-order valence-corrected chi connectivity index (χ0v) is 20.3. The molecule has 31 heavy (non-hydrogen) atoms. The molecule has 2 aliphatic heterocycles. The molecule has 3 heterocycles. The zero-order valence-electron chi connectivity index (χ0n) is 20.3. The maximum absolute atomic E-state index is 5.75. The van der Waals surface area contributed by atoms with Crippen LogP contribution in [-0.4, -0.2) is 72.6 Å². The SMILES string of the molecule is CCCCN1CCC(NC(=NCC2CCN(Cc3nc(C)c(C)o3)CC2)NCC)CC1. The van der Waals surface area contributed by atoms with E-state index in [0.29, 0.717) is 12.0 Å². The van der Waals surface area contributed by atoms with Crippen molar-refractivity contribution in [3.05, 3.63) is 17.3 Å². The monoisotopic (exact) mass is 432 g/mol. The highest BCUT2D eigenvalue weighted by Gasteiger charge is 2.22. The van der Waals surface area contributed by atoms with Crippen LogP contribution in [0.1, 0.15) is 69.7 Å². The Hall–Kier alpha value is -1.60. The first kappa shape index (κ1) is 24.1. The maximum Gasteiger partial charge on any atom is 0.208 e. The predicted octanol–water partition coefficient (Wildman–Crippen LogP) is 3.32. The lowest BCUT2D eigenvalue weighted by molar-refractivity contribution is 0.166. The molecule has 1 aromatic heterocycles. The van der Waals surface area contributed by atoms with Crippen molar-refractivity contribution in [3.63, 3.8) is 0 Å². The van der Waals surface area contributed by atoms with Crippen LogP contribution < -0.4 is 10.6 Å². The van der Waals surface area contributed by atoms with Gasteiger partial charge < -0.3 is 20.0 Å². The van der Waals surface area contributed by atoms with Gasteiger partial charge in [0.2, 0.25) is 5.89 Å². The van der Waals surface area contributed by atoms with Crippen molar-refractivity contribution in [2.24, 2.45) is 10.9 Å². The Morgan fingerprint density at radius 3 is 2.39 bits per heavy atom. The highest BCUT2D eigenvalue weighted by molar-refractivity contribution is 5.80. The molecule has 0 aromatic carbocycles. The van der Waals surface area contributed by atoms with Crippen LogP contribution in [0.15, 0.2) is 9.41 Å². The van der Waals surface area contributed by atoms with Crippen LogP contribution in [0.5, 0.6) is 0 Å². The number of piperidine rings is 2. The van der Waals surface area contributed by atoms with Crippen molar-refractivity contribution < 1.29 is 4.42 Å². The van der Waals surface area contributed by atoms with Crippen molar-refractivity contribution in [2.45, 2.75) is 78.8 Å². The summed E-state index contributed by atoms with van der Waals surface area (Å²) < 4.78 is 5.75. The van der Waals surface area contributed by atoms with Crippen molar-refractivity contribution in [1.82, 2.24) is 25.4 Å². The number of hydrogen-bond donors (Lipinski definition) is 2. The summed E-state index contributed by atoms with van der Waals surface area (Å²) in [6.45, 7) is 16.9. The fraction of sp³-hybridized carbons (Fsp3) is 0.833. The Labute approximate surface area is 189 Å². The largest absolute Gasteiger partial charge is 0.444 e. The minimum Gasteiger partial charge on any atom is -0.444 e. The van der Waals surface area contributed by atoms with E-state index < -0.39 is 0 Å². The second kappa shape index (κ2) is 12.4. The maximum atomic E-state index is 5.75. The van der Waals surface area contributed by atoms with E-state index in [1.165, 1.54) is 58.2 Å². The Morgan fingerprint density at radius 2 is 1.77 bits per heavy atom. The van der Waals surface area contributed by atoms with Crippen LogP contribution in [0.4, 0.5) is 0 Å². The van der Waals surface area contributed by atoms with Crippen LogP contribution in [-0.2, 0) is 6.54 Å². The molecule has 0 unspecified atom stereocenters. The van der Waals surface area contributed by atoms with E-state index in [9.17, 15) is 0 Å². The molecule has 0 aliphatic carbocycles. The second-order valence-corrected chi connectivity index (χ2v) is 9.30. The number of nitrogens with zero attached hydrogens (tertiary/aromatic N) is 4. The Morgan fingerprint density at radius 1 is 1.06 bits per heavy atom. The summed E-state index contributed by atoms with van der Waals surface area (Å²) >= 11 is 0. The molecule has 2 N–H and O–H groups in total. The zero-order chi connectivity index (χ0) is 22.1. The molecule has 176 valence electrons. The molecule has 0 radical (unpaired) electrons. The van der Waals surface area contributed by atoms with E-state index >= 15 is 0 Å². The van der Waals surface area contributed by atoms with E-state index in [2.05, 4.69) is 39.3 Å². The van der Waals surface area contributed by atoms with Gasteiger partial charge in [-0.05, 0) is 78.4 Å². The topological polar surface area (TPSA) is 68.9 Å². The number of oxazole rings is 1. The first-order valence-electron chi connectivity index (χ1n) is 12.5. The molecule has 0 amide bonds. The standard InChI is InChI=1S/C24H44N6O/c1-5-7-12-29-15-10-22(11-16-29)28-24(25-6-2)26-17-21-8-13-30(14-9-21)18-23-27-19(3)20(4)31-23/h21-22H,5-18H2,1-4H3,(H2,25,26,28). The fourth-order valence-corrected chi connectivity index (χ4v) is 4.54. The Bertz CT molecular complexity index is 652. The number of aromatic nitrogens is 1. The smallest absolute Gasteiger partial charge is 0.208 e. The summed E-state index contributed by atoms with van der Waals surface area (Å²) in [7, 11) is 0. The minimum absolute atomic E-state index is 0.547. The van der Waals surface area contributed by atoms with Crippen molar-refractivity contribution >= 4 is 5.96 Å². The normalized spacial score (nSPS) is 20.3. The summed E-state index contributed by atoms with van der Waals surface area (Å²) in [6, 6.07) is 0.547. The Kier molecular flexibility index (Phi) is 9.65. The molecule has 0 spiro atoms. The van der Waals surface area contributed by atoms with Crippen LogP contribution >= 0.6 is 0 Å². The highest BCUT2D eigenvalue weighted by Crippen LogP contribution is 2.20. The average molecular weight is 433 g/mol. The van der Waals surface area contributed by atoms with Gasteiger partial charge in [0, 0.05) is 32.2 Å². The van der Waals surface area contributed by atoms with Gasteiger partial charge in [-0.25, -0.2) is 4.98 Å². The molecule has 7 nitrogen and oxygen atoms in total. The van der Waals surface area contributed by atoms with Crippen LogP contribution in [0.2, 0.25) is 0 Å². The molecule has 0 atom stereocenters. The van der Waals surface area contributed by atoms with Gasteiger partial charge in [-0.15, -0.1) is 0 Å². The number of guanidine groups is 1. The lowest BCUT2D eigenvalue weighted by atomic mass is 9.97. The quantitative estimate of drug-likeness (QED) is 0.461. The van der Waals surface area contributed by atoms with E-state index in [0.717, 1.165) is 56.0 Å². The number of unbranched alkanes of at least 4 members (excludes halogenated alkanes) is 1. The summed E-state index contributed by atoms with van der Waals surface area (Å²) in [5, 5.41) is 7.16. The summed E-state index contributed by atoms with van der Waals surface area (Å²) in [6.07, 6.45) is 7.42. The molecule has 7 heteroatoms. The molecule has 0 saturated carbocycles. The molecule has 1 aromatic rings. The third kappa shape index (κ3) is 7.79. The second-order valence-electron chi connectivity index (χ2n) is 9.30. The van der Waals surface area contributed by atoms with Gasteiger partial charge in [0.1, 0.15) is 5.76 Å². The van der Waals surface area contributed by atoms with Crippen molar-refractivity contribution in [3.8, 4) is 0 Å². The lowest BCUT2D eigenvalue weighted by Crippen LogP contribution is -2.49. The van der Waals surface area contributed by atoms with Gasteiger partial charge in [0.25, 0.3) is 0 Å². The molecular formula is C24H44N6O. The van der Waals surface area contributed by atoms with Gasteiger partial charge >= 0.3 is 0 Å². The summed E-state index contributed by atoms with van der Waals surface area (Å²) in [4.78, 5) is 14.6. The minimum atomic E-state index is 0.547. The first-order valence-corrected chi connectivity index (χ1v) is 12.5. The van der Waals surface area contributed by atoms with E-state index in [1.54, 1.807) is 0 Å². The number of likely N-dealkylation sites (tertiary alicyclic amines) is 2. The molecule has 2 saturated heterocycles. The number of nitrogens with one attached hydrogen (secondary N) is 2. The highest BCUT2D eigenvalue weighted by atomic mass is 16.4. The van der Waals surface area contributed by atoms with Crippen molar-refractivity contribution in [2.75, 3.05) is 45.8 Å². The van der Waals surface area contributed by atoms with Crippen LogP contribution in [0.25, 0.3) is 0 Å². The van der Waals surface area contributed by atoms with Crippen molar-refractivity contribution in [1.29, 1.82) is 0 Å². The molecule has 2 fully saturated rings. The van der Waals surface area contributed by atoms with Gasteiger partial charge in [0.05, 0.1) is 12.2 Å². The van der Waals surface area contributed by atoms with E-state index in [-0.39, 0.29) is 0 Å². The average Bonchev–Trinajstić information content (AvgIpc) is 3.09. The third-order valence-corrected chi connectivity index (χ3v) is 6.75. The van der Waals surface area contributed by atoms with Gasteiger partial charge in [-0.2, -0.15) is 0 Å². The molecule has 0 bridgehead atoms. The third-order valence-electron chi connectivity index (χ3n) is 6.75. The number of aryl methyl sites for hydroxylation is 2. The summed E-state index contributed by atoms with van der Waals surface area (Å²) in [5.74, 6) is 3.46. The fourth-order valence-electron chi connectivity index (χ4n) is 4.54. The molecule has 2 aliphatic rings. The predicted molar refractivity (Wildman–Crippen MR) is 127 cm³/mol. The number of rotatable bonds is 9. The molecular weight excluding hydrogens is 388 g/mol. The van der Waals surface area contributed by atoms with Gasteiger partial charge in [-0.1, -0.05) is 13.3 Å². The van der Waals surface area contributed by atoms with Crippen LogP contribution in [0, 0.1) is 19.8 Å². The van der Waals surface area contributed by atoms with E-state index in [4.69, 9.17) is 9.41 Å². The number of hydrogen-bond acceptors (Lipinski definition) is 5. The summed E-state index contributed by atoms with van der Waals surface area (Å²) in [5.41, 5.74) is 1.01. The number of aliphatic imine (C=N–C) groups is 1. The Balaban J connectivity index is 1.39. The first-order chi connectivity index (χ1) is 15.1.